The average molecular weight is 345 g/mol. The zero-order valence-corrected chi connectivity index (χ0v) is 16.0. The van der Waals surface area contributed by atoms with Gasteiger partial charge in [0, 0.05) is 42.7 Å². The normalized spacial score (nSPS) is 22.7. The van der Waals surface area contributed by atoms with Gasteiger partial charge in [0.1, 0.15) is 0 Å². The molecule has 2 aliphatic rings. The maximum atomic E-state index is 4.81. The summed E-state index contributed by atoms with van der Waals surface area (Å²) in [4.78, 5) is 10.8. The predicted octanol–water partition coefficient (Wildman–Crippen LogP) is 3.86. The van der Waals surface area contributed by atoms with Gasteiger partial charge in [-0.15, -0.1) is 11.3 Å². The fourth-order valence-corrected chi connectivity index (χ4v) is 4.05. The third kappa shape index (κ3) is 4.08. The summed E-state index contributed by atoms with van der Waals surface area (Å²) in [5.74, 6) is 0.469. The molecule has 1 fully saturated rings. The maximum Gasteiger partial charge on any atom is 0.0957 e. The van der Waals surface area contributed by atoms with Crippen LogP contribution >= 0.6 is 11.3 Å². The van der Waals surface area contributed by atoms with E-state index in [4.69, 9.17) is 4.99 Å². The topological polar surface area (TPSA) is 30.9 Å². The van der Waals surface area contributed by atoms with Crippen molar-refractivity contribution in [2.75, 3.05) is 38.5 Å². The van der Waals surface area contributed by atoms with Crippen LogP contribution in [0, 0.1) is 19.8 Å². The van der Waals surface area contributed by atoms with Crippen LogP contribution in [0.15, 0.2) is 34.6 Å². The Labute approximate surface area is 149 Å². The summed E-state index contributed by atoms with van der Waals surface area (Å²) in [6, 6.07) is 2.24. The van der Waals surface area contributed by atoms with E-state index in [1.54, 1.807) is 0 Å². The Balaban J connectivity index is 1.78. The van der Waals surface area contributed by atoms with E-state index in [1.807, 2.05) is 17.7 Å². The maximum absolute atomic E-state index is 4.81. The first kappa shape index (κ1) is 17.2. The Kier molecular flexibility index (Phi) is 5.41. The largest absolute Gasteiger partial charge is 0.360 e. The van der Waals surface area contributed by atoms with Crippen molar-refractivity contribution in [3.63, 3.8) is 0 Å². The Bertz CT molecular complexity index is 663. The second kappa shape index (κ2) is 7.53. The molecule has 0 bridgehead atoms. The zero-order chi connectivity index (χ0) is 17.1. The highest BCUT2D eigenvalue weighted by Crippen LogP contribution is 2.33. The third-order valence-electron chi connectivity index (χ3n) is 4.72. The van der Waals surface area contributed by atoms with Crippen molar-refractivity contribution in [3.05, 3.63) is 40.1 Å². The van der Waals surface area contributed by atoms with Crippen LogP contribution in [0.4, 0.5) is 5.00 Å². The van der Waals surface area contributed by atoms with E-state index >= 15 is 0 Å². The van der Waals surface area contributed by atoms with Gasteiger partial charge in [-0.3, -0.25) is 0 Å². The van der Waals surface area contributed by atoms with Crippen molar-refractivity contribution in [3.8, 4) is 0 Å². The minimum Gasteiger partial charge on any atom is -0.360 e. The van der Waals surface area contributed by atoms with E-state index < -0.39 is 0 Å². The molecular formula is C19H28N4S. The molecule has 24 heavy (non-hydrogen) atoms. The first-order chi connectivity index (χ1) is 11.5. The van der Waals surface area contributed by atoms with Crippen molar-refractivity contribution in [1.29, 1.82) is 0 Å². The van der Waals surface area contributed by atoms with Gasteiger partial charge < -0.3 is 15.1 Å². The molecule has 1 N–H and O–H groups in total. The van der Waals surface area contributed by atoms with Gasteiger partial charge in [0.2, 0.25) is 0 Å². The number of allylic oxidation sites excluding steroid dienone is 3. The molecule has 1 aromatic rings. The zero-order valence-electron chi connectivity index (χ0n) is 15.2. The molecule has 5 heteroatoms. The molecule has 0 radical (unpaired) electrons. The Hall–Kier alpha value is -1.59. The van der Waals surface area contributed by atoms with Gasteiger partial charge in [0.15, 0.2) is 0 Å². The van der Waals surface area contributed by atoms with E-state index in [1.165, 1.54) is 21.1 Å². The standard InChI is InChI=1S/C19H28N4S/c1-14-6-5-7-17(20-13-23-10-8-22(4)9-11-23)18(14)21-19-15(2)12-16(3)24-19/h5,7,12-14,21H,6,8-11H2,1-4H3. The summed E-state index contributed by atoms with van der Waals surface area (Å²) < 4.78 is 0. The summed E-state index contributed by atoms with van der Waals surface area (Å²) in [5, 5.41) is 4.92. The average Bonchev–Trinajstić information content (AvgIpc) is 2.87. The molecule has 2 heterocycles. The number of hydrogen-bond donors (Lipinski definition) is 1. The van der Waals surface area contributed by atoms with Crippen LogP contribution < -0.4 is 5.32 Å². The van der Waals surface area contributed by atoms with Gasteiger partial charge in [-0.1, -0.05) is 13.0 Å². The highest BCUT2D eigenvalue weighted by Gasteiger charge is 2.18. The lowest BCUT2D eigenvalue weighted by Crippen LogP contribution is -2.43. The Morgan fingerprint density at radius 2 is 2.00 bits per heavy atom. The van der Waals surface area contributed by atoms with Gasteiger partial charge >= 0.3 is 0 Å². The summed E-state index contributed by atoms with van der Waals surface area (Å²) in [5.41, 5.74) is 3.63. The molecule has 0 saturated carbocycles. The first-order valence-corrected chi connectivity index (χ1v) is 9.56. The van der Waals surface area contributed by atoms with E-state index in [9.17, 15) is 0 Å². The lowest BCUT2D eigenvalue weighted by atomic mass is 9.97. The Morgan fingerprint density at radius 3 is 2.67 bits per heavy atom. The molecule has 0 aromatic carbocycles. The van der Waals surface area contributed by atoms with E-state index in [0.717, 1.165) is 38.3 Å². The molecule has 1 saturated heterocycles. The molecule has 1 aliphatic carbocycles. The fraction of sp³-hybridized carbons (Fsp3) is 0.526. The van der Waals surface area contributed by atoms with Crippen LogP contribution in [0.1, 0.15) is 23.8 Å². The van der Waals surface area contributed by atoms with Crippen molar-refractivity contribution < 1.29 is 0 Å². The van der Waals surface area contributed by atoms with Crippen molar-refractivity contribution >= 4 is 22.7 Å². The number of aliphatic imine (C=N–C) groups is 1. The van der Waals surface area contributed by atoms with Gasteiger partial charge in [-0.25, -0.2) is 4.99 Å². The number of aryl methyl sites for hydroxylation is 2. The summed E-state index contributed by atoms with van der Waals surface area (Å²) in [6.45, 7) is 10.9. The highest BCUT2D eigenvalue weighted by atomic mass is 32.1. The molecule has 1 atom stereocenters. The number of piperazine rings is 1. The first-order valence-electron chi connectivity index (χ1n) is 8.74. The van der Waals surface area contributed by atoms with Crippen LogP contribution in [0.3, 0.4) is 0 Å². The number of likely N-dealkylation sites (N-methyl/N-ethyl adjacent to an activating group) is 1. The quantitative estimate of drug-likeness (QED) is 0.665. The molecule has 3 rings (SSSR count). The summed E-state index contributed by atoms with van der Waals surface area (Å²) >= 11 is 1.82. The smallest absolute Gasteiger partial charge is 0.0957 e. The van der Waals surface area contributed by atoms with Crippen LogP contribution in [0.25, 0.3) is 0 Å². The molecule has 0 spiro atoms. The number of nitrogens with one attached hydrogen (secondary N) is 1. The van der Waals surface area contributed by atoms with Crippen molar-refractivity contribution in [2.45, 2.75) is 27.2 Å². The van der Waals surface area contributed by atoms with Crippen LogP contribution in [-0.2, 0) is 0 Å². The van der Waals surface area contributed by atoms with Crippen molar-refractivity contribution in [2.24, 2.45) is 10.9 Å². The number of nitrogens with zero attached hydrogens (tertiary/aromatic N) is 3. The molecule has 130 valence electrons. The highest BCUT2D eigenvalue weighted by molar-refractivity contribution is 7.16. The lowest BCUT2D eigenvalue weighted by molar-refractivity contribution is 0.219. The van der Waals surface area contributed by atoms with E-state index in [-0.39, 0.29) is 0 Å². The monoisotopic (exact) mass is 344 g/mol. The summed E-state index contributed by atoms with van der Waals surface area (Å²) in [7, 11) is 2.18. The van der Waals surface area contributed by atoms with E-state index in [2.05, 4.69) is 61.2 Å². The van der Waals surface area contributed by atoms with Gasteiger partial charge in [0.05, 0.1) is 17.0 Å². The van der Waals surface area contributed by atoms with Crippen LogP contribution in [0.2, 0.25) is 0 Å². The third-order valence-corrected chi connectivity index (χ3v) is 5.79. The minimum atomic E-state index is 0.469. The van der Waals surface area contributed by atoms with Gasteiger partial charge in [-0.05, 0) is 45.0 Å². The molecule has 1 unspecified atom stereocenters. The Morgan fingerprint density at radius 1 is 1.25 bits per heavy atom. The number of rotatable bonds is 4. The fourth-order valence-electron chi connectivity index (χ4n) is 3.11. The lowest BCUT2D eigenvalue weighted by Gasteiger charge is -2.31. The molecular weight excluding hydrogens is 316 g/mol. The van der Waals surface area contributed by atoms with Gasteiger partial charge in [-0.2, -0.15) is 0 Å². The van der Waals surface area contributed by atoms with Crippen molar-refractivity contribution in [1.82, 2.24) is 9.80 Å². The molecule has 0 amide bonds. The summed E-state index contributed by atoms with van der Waals surface area (Å²) in [6.07, 6.45) is 7.49. The SMILES string of the molecule is Cc1cc(C)c(NC2=C(N=CN3CCN(C)CC3)C=CCC2C)s1. The predicted molar refractivity (Wildman–Crippen MR) is 105 cm³/mol. The molecule has 4 nitrogen and oxygen atoms in total. The van der Waals surface area contributed by atoms with Gasteiger partial charge in [0.25, 0.3) is 0 Å². The second-order valence-corrected chi connectivity index (χ2v) is 8.17. The van der Waals surface area contributed by atoms with Crippen LogP contribution in [0.5, 0.6) is 0 Å². The number of hydrogen-bond acceptors (Lipinski definition) is 4. The van der Waals surface area contributed by atoms with E-state index in [0.29, 0.717) is 5.92 Å². The number of anilines is 1. The minimum absolute atomic E-state index is 0.469. The molecule has 1 aliphatic heterocycles. The number of thiophene rings is 1. The van der Waals surface area contributed by atoms with Crippen LogP contribution in [-0.4, -0.2) is 49.4 Å². The molecule has 1 aromatic heterocycles. The second-order valence-electron chi connectivity index (χ2n) is 6.92.